The molecule has 250 valence electrons. The number of aliphatic hydroxyl groups is 1. The zero-order chi connectivity index (χ0) is 31.2. The second-order valence-corrected chi connectivity index (χ2v) is 17.0. The number of hydrogen-bond acceptors (Lipinski definition) is 6. The minimum Gasteiger partial charge on any atom is -0.434 e. The van der Waals surface area contributed by atoms with E-state index < -0.39 is 11.8 Å². The van der Waals surface area contributed by atoms with E-state index in [4.69, 9.17) is 9.47 Å². The summed E-state index contributed by atoms with van der Waals surface area (Å²) >= 11 is 1.83. The zero-order valence-corrected chi connectivity index (χ0v) is 29.0. The molecule has 5 fully saturated rings. The highest BCUT2D eigenvalue weighted by Gasteiger charge is 2.64. The van der Waals surface area contributed by atoms with Crippen LogP contribution in [0.4, 0.5) is 4.79 Å². The number of rotatable bonds is 11. The maximum Gasteiger partial charge on any atom is 0.508 e. The molecular formula is C38H62O5S. The van der Waals surface area contributed by atoms with Crippen molar-refractivity contribution < 1.29 is 24.2 Å². The predicted octanol–water partition coefficient (Wildman–Crippen LogP) is 9.98. The van der Waals surface area contributed by atoms with Crippen LogP contribution in [-0.2, 0) is 14.3 Å². The average molecular weight is 631 g/mol. The molecule has 0 radical (unpaired) electrons. The van der Waals surface area contributed by atoms with E-state index in [1.54, 1.807) is 0 Å². The van der Waals surface area contributed by atoms with Crippen molar-refractivity contribution in [2.75, 3.05) is 12.4 Å². The molecule has 6 aliphatic rings. The van der Waals surface area contributed by atoms with E-state index in [2.05, 4.69) is 20.8 Å². The second-order valence-electron chi connectivity index (χ2n) is 15.7. The van der Waals surface area contributed by atoms with Gasteiger partial charge in [0, 0.05) is 6.42 Å². The number of hydrogen-bond donors (Lipinski definition) is 1. The van der Waals surface area contributed by atoms with E-state index in [1.807, 2.05) is 17.8 Å². The molecule has 0 aromatic carbocycles. The van der Waals surface area contributed by atoms with E-state index >= 15 is 0 Å². The van der Waals surface area contributed by atoms with Gasteiger partial charge in [-0.3, -0.25) is 4.79 Å². The van der Waals surface area contributed by atoms with Gasteiger partial charge in [0.2, 0.25) is 0 Å². The molecule has 0 aromatic rings. The van der Waals surface area contributed by atoms with Crippen LogP contribution in [0.15, 0.2) is 11.6 Å². The maximum atomic E-state index is 13.3. The van der Waals surface area contributed by atoms with Crippen LogP contribution in [0, 0.1) is 28.6 Å². The lowest BCUT2D eigenvalue weighted by atomic mass is 9.46. The summed E-state index contributed by atoms with van der Waals surface area (Å²) in [7, 11) is 0. The van der Waals surface area contributed by atoms with Crippen LogP contribution >= 0.6 is 11.8 Å². The summed E-state index contributed by atoms with van der Waals surface area (Å²) < 4.78 is 11.6. The van der Waals surface area contributed by atoms with Gasteiger partial charge in [0.25, 0.3) is 0 Å². The number of unbranched alkanes of at least 4 members (excludes halogenated alkanes) is 9. The van der Waals surface area contributed by atoms with Crippen molar-refractivity contribution in [1.29, 1.82) is 0 Å². The summed E-state index contributed by atoms with van der Waals surface area (Å²) in [6.45, 7) is 7.27. The van der Waals surface area contributed by atoms with Crippen molar-refractivity contribution in [3.8, 4) is 0 Å². The van der Waals surface area contributed by atoms with Gasteiger partial charge in [0.1, 0.15) is 6.10 Å². The smallest absolute Gasteiger partial charge is 0.434 e. The Morgan fingerprint density at radius 2 is 1.59 bits per heavy atom. The van der Waals surface area contributed by atoms with Crippen molar-refractivity contribution in [2.24, 2.45) is 28.6 Å². The first-order chi connectivity index (χ1) is 21.2. The molecule has 0 spiro atoms. The van der Waals surface area contributed by atoms with Crippen molar-refractivity contribution in [3.63, 3.8) is 0 Å². The van der Waals surface area contributed by atoms with E-state index in [1.165, 1.54) is 63.4 Å². The largest absolute Gasteiger partial charge is 0.508 e. The molecular weight excluding hydrogens is 568 g/mol. The summed E-state index contributed by atoms with van der Waals surface area (Å²) in [5, 5.41) is 12.1. The van der Waals surface area contributed by atoms with Crippen LogP contribution in [0.25, 0.3) is 0 Å². The van der Waals surface area contributed by atoms with Gasteiger partial charge in [-0.05, 0) is 111 Å². The Kier molecular flexibility index (Phi) is 11.9. The fourth-order valence-electron chi connectivity index (χ4n) is 10.4. The monoisotopic (exact) mass is 630 g/mol. The Labute approximate surface area is 272 Å². The molecule has 5 nitrogen and oxygen atoms in total. The first-order valence-corrected chi connectivity index (χ1v) is 19.7. The number of thioether (sulfide) groups is 1. The van der Waals surface area contributed by atoms with Crippen LogP contribution in [0.3, 0.4) is 0 Å². The van der Waals surface area contributed by atoms with Crippen LogP contribution in [-0.4, -0.2) is 46.4 Å². The molecule has 0 aromatic heterocycles. The maximum absolute atomic E-state index is 13.3. The summed E-state index contributed by atoms with van der Waals surface area (Å²) in [4.78, 5) is 26.1. The lowest BCUT2D eigenvalue weighted by Gasteiger charge is -2.59. The van der Waals surface area contributed by atoms with E-state index in [0.29, 0.717) is 30.0 Å². The Bertz CT molecular complexity index is 1010. The molecule has 1 N–H and O–H groups in total. The number of carbonyl (C=O) groups excluding carboxylic acids is 2. The van der Waals surface area contributed by atoms with Crippen LogP contribution in [0.5, 0.6) is 0 Å². The number of ether oxygens (including phenoxy) is 2. The molecule has 44 heavy (non-hydrogen) atoms. The first kappa shape index (κ1) is 34.3. The topological polar surface area (TPSA) is 72.8 Å². The molecule has 2 aliphatic heterocycles. The lowest BCUT2D eigenvalue weighted by Crippen LogP contribution is -2.55. The van der Waals surface area contributed by atoms with Gasteiger partial charge < -0.3 is 14.6 Å². The standard InChI is InChI=1S/C38H62O5S/c1-4-5-6-7-8-9-10-11-12-13-15-29-16-14-25-44-34-27-36(2)28(26-33(34)39)17-18-30-31(36)19-21-37(3)32(30)20-22-38(37,41)23-24-42-35(40)43-29/h26,29-32,34,41H,4-25,27H2,1-3H3/t29?,30-,31?,32+,34?,36+,37+,38-/m1/s1. The molecule has 4 aliphatic carbocycles. The molecule has 3 saturated carbocycles. The molecule has 7 bridgehead atoms. The Balaban J connectivity index is 1.21. The van der Waals surface area contributed by atoms with Gasteiger partial charge in [-0.1, -0.05) is 84.1 Å². The fraction of sp³-hybridized carbons (Fsp3) is 0.895. The summed E-state index contributed by atoms with van der Waals surface area (Å²) in [5.74, 6) is 2.91. The zero-order valence-electron chi connectivity index (χ0n) is 28.2. The highest BCUT2D eigenvalue weighted by molar-refractivity contribution is 8.00. The first-order valence-electron chi connectivity index (χ1n) is 18.6. The number of carbonyl (C=O) groups is 2. The van der Waals surface area contributed by atoms with Crippen LogP contribution in [0.2, 0.25) is 0 Å². The third-order valence-electron chi connectivity index (χ3n) is 13.2. The second kappa shape index (κ2) is 15.3. The van der Waals surface area contributed by atoms with E-state index in [0.717, 1.165) is 76.4 Å². The van der Waals surface area contributed by atoms with Gasteiger partial charge in [-0.2, -0.15) is 11.8 Å². The minimum absolute atomic E-state index is 0.0292. The fourth-order valence-corrected chi connectivity index (χ4v) is 11.7. The Hall–Kier alpha value is -1.01. The predicted molar refractivity (Wildman–Crippen MR) is 180 cm³/mol. The van der Waals surface area contributed by atoms with Gasteiger partial charge in [-0.25, -0.2) is 4.79 Å². The summed E-state index contributed by atoms with van der Waals surface area (Å²) in [6, 6.07) is 0. The lowest BCUT2D eigenvalue weighted by molar-refractivity contribution is -0.136. The summed E-state index contributed by atoms with van der Waals surface area (Å²) in [6.07, 6.45) is 24.4. The molecule has 6 heteroatoms. The third-order valence-corrected chi connectivity index (χ3v) is 14.5. The van der Waals surface area contributed by atoms with Gasteiger partial charge in [-0.15, -0.1) is 0 Å². The number of allylic oxidation sites excluding steroid dienone is 1. The number of ketones is 1. The van der Waals surface area contributed by atoms with Gasteiger partial charge >= 0.3 is 6.16 Å². The number of fused-ring (bicyclic) bond motifs is 10. The highest BCUT2D eigenvalue weighted by Crippen LogP contribution is 2.68. The molecule has 8 atom stereocenters. The van der Waals surface area contributed by atoms with E-state index in [9.17, 15) is 14.7 Å². The Morgan fingerprint density at radius 3 is 2.34 bits per heavy atom. The van der Waals surface area contributed by atoms with Gasteiger partial charge in [0.05, 0.1) is 17.5 Å². The van der Waals surface area contributed by atoms with Crippen molar-refractivity contribution in [3.05, 3.63) is 11.6 Å². The molecule has 0 amide bonds. The Morgan fingerprint density at radius 1 is 0.886 bits per heavy atom. The molecule has 2 saturated heterocycles. The van der Waals surface area contributed by atoms with Crippen molar-refractivity contribution in [2.45, 2.75) is 173 Å². The van der Waals surface area contributed by atoms with Crippen LogP contribution < -0.4 is 0 Å². The van der Waals surface area contributed by atoms with Crippen LogP contribution in [0.1, 0.15) is 156 Å². The van der Waals surface area contributed by atoms with Crippen molar-refractivity contribution in [1.82, 2.24) is 0 Å². The summed E-state index contributed by atoms with van der Waals surface area (Å²) in [5.41, 5.74) is 0.547. The third kappa shape index (κ3) is 7.42. The highest BCUT2D eigenvalue weighted by atomic mass is 32.2. The quantitative estimate of drug-likeness (QED) is 0.181. The van der Waals surface area contributed by atoms with Gasteiger partial charge in [0.15, 0.2) is 5.78 Å². The minimum atomic E-state index is -0.804. The molecule has 6 rings (SSSR count). The average Bonchev–Trinajstić information content (AvgIpc) is 3.26. The van der Waals surface area contributed by atoms with E-state index in [-0.39, 0.29) is 28.8 Å². The normalized spacial score (nSPS) is 39.4. The van der Waals surface area contributed by atoms with Crippen molar-refractivity contribution >= 4 is 23.7 Å². The SMILES string of the molecule is CCCCCCCCCCCCC1CCCSC2C[C@@]3(C)C(=CC2=O)CC[C@@H]2C3CC[C@@]3(C)[C@H]2CC[C@@]3(O)CCOC(=O)O1. The molecule has 3 unspecified atom stereocenters. The molecule has 2 heterocycles.